The van der Waals surface area contributed by atoms with Crippen LogP contribution in [0.1, 0.15) is 10.4 Å². The minimum Gasteiger partial charge on any atom is -0.507 e. The van der Waals surface area contributed by atoms with Gasteiger partial charge in [0.05, 0.1) is 6.26 Å². The minimum atomic E-state index is -3.30. The van der Waals surface area contributed by atoms with E-state index in [9.17, 15) is 23.4 Å². The van der Waals surface area contributed by atoms with Gasteiger partial charge in [-0.05, 0) is 12.1 Å². The molecule has 1 aromatic carbocycles. The molecule has 0 atom stereocenters. The highest BCUT2D eigenvalue weighted by molar-refractivity contribution is 7.88. The van der Waals surface area contributed by atoms with Crippen LogP contribution in [0, 0.1) is 0 Å². The third-order valence-corrected chi connectivity index (χ3v) is 3.84. The van der Waals surface area contributed by atoms with Crippen molar-refractivity contribution in [1.82, 2.24) is 9.62 Å². The highest BCUT2D eigenvalue weighted by Gasteiger charge is 2.16. The first-order chi connectivity index (χ1) is 8.73. The van der Waals surface area contributed by atoms with Crippen LogP contribution in [0.25, 0.3) is 0 Å². The highest BCUT2D eigenvalue weighted by Crippen LogP contribution is 2.25. The molecule has 0 aromatic heterocycles. The molecule has 1 aromatic rings. The van der Waals surface area contributed by atoms with E-state index >= 15 is 0 Å². The van der Waals surface area contributed by atoms with Gasteiger partial charge in [0.15, 0.2) is 0 Å². The third-order valence-electron chi connectivity index (χ3n) is 2.53. The standard InChI is InChI=1S/C11H16N2O5S/c1-13(19(2,17)18)7-6-12-11(16)10-8(14)4-3-5-9(10)15/h3-5,14-15H,6-7H2,1-2H3,(H,12,16). The van der Waals surface area contributed by atoms with E-state index in [2.05, 4.69) is 5.32 Å². The van der Waals surface area contributed by atoms with Crippen LogP contribution in [0.5, 0.6) is 11.5 Å². The van der Waals surface area contributed by atoms with E-state index < -0.39 is 15.9 Å². The summed E-state index contributed by atoms with van der Waals surface area (Å²) in [6.45, 7) is 0.162. The van der Waals surface area contributed by atoms with Gasteiger partial charge in [0.25, 0.3) is 5.91 Å². The van der Waals surface area contributed by atoms with E-state index in [1.165, 1.54) is 25.2 Å². The summed E-state index contributed by atoms with van der Waals surface area (Å²) in [6, 6.07) is 3.95. The van der Waals surface area contributed by atoms with Gasteiger partial charge in [-0.1, -0.05) is 6.07 Å². The number of hydrogen-bond donors (Lipinski definition) is 3. The molecular formula is C11H16N2O5S. The van der Waals surface area contributed by atoms with E-state index in [1.54, 1.807) is 0 Å². The second-order valence-electron chi connectivity index (χ2n) is 4.01. The quantitative estimate of drug-likeness (QED) is 0.690. The van der Waals surface area contributed by atoms with Gasteiger partial charge in [0.1, 0.15) is 17.1 Å². The van der Waals surface area contributed by atoms with Crippen LogP contribution in [-0.4, -0.2) is 55.2 Å². The third kappa shape index (κ3) is 4.11. The Kier molecular flexibility index (Phi) is 4.73. The number of hydrogen-bond acceptors (Lipinski definition) is 5. The van der Waals surface area contributed by atoms with Crippen LogP contribution >= 0.6 is 0 Å². The molecule has 0 bridgehead atoms. The summed E-state index contributed by atoms with van der Waals surface area (Å²) in [7, 11) is -1.91. The number of sulfonamides is 1. The van der Waals surface area contributed by atoms with Gasteiger partial charge < -0.3 is 15.5 Å². The summed E-state index contributed by atoms with van der Waals surface area (Å²) in [4.78, 5) is 11.7. The number of benzene rings is 1. The van der Waals surface area contributed by atoms with Crippen LogP contribution < -0.4 is 5.32 Å². The number of rotatable bonds is 5. The molecule has 0 aliphatic rings. The maximum absolute atomic E-state index is 11.7. The molecule has 1 amide bonds. The molecule has 0 saturated carbocycles. The first-order valence-electron chi connectivity index (χ1n) is 5.44. The zero-order chi connectivity index (χ0) is 14.6. The smallest absolute Gasteiger partial charge is 0.258 e. The van der Waals surface area contributed by atoms with Crippen molar-refractivity contribution in [2.45, 2.75) is 0 Å². The Labute approximate surface area is 111 Å². The van der Waals surface area contributed by atoms with Crippen LogP contribution in [0.4, 0.5) is 0 Å². The van der Waals surface area contributed by atoms with Crippen LogP contribution in [0.2, 0.25) is 0 Å². The summed E-state index contributed by atoms with van der Waals surface area (Å²) in [6.07, 6.45) is 1.06. The molecule has 0 unspecified atom stereocenters. The fourth-order valence-corrected chi connectivity index (χ4v) is 1.76. The summed E-state index contributed by atoms with van der Waals surface area (Å²) >= 11 is 0. The monoisotopic (exact) mass is 288 g/mol. The molecule has 0 radical (unpaired) electrons. The maximum atomic E-state index is 11.7. The van der Waals surface area contributed by atoms with Crippen molar-refractivity contribution in [3.05, 3.63) is 23.8 Å². The van der Waals surface area contributed by atoms with Gasteiger partial charge in [0.2, 0.25) is 10.0 Å². The van der Waals surface area contributed by atoms with Gasteiger partial charge in [-0.15, -0.1) is 0 Å². The lowest BCUT2D eigenvalue weighted by Crippen LogP contribution is -2.35. The van der Waals surface area contributed by atoms with Crippen LogP contribution in [0.15, 0.2) is 18.2 Å². The Balaban J connectivity index is 2.62. The lowest BCUT2D eigenvalue weighted by atomic mass is 10.1. The molecule has 0 aliphatic heterocycles. The number of carbonyl (C=O) groups is 1. The topological polar surface area (TPSA) is 107 Å². The first-order valence-corrected chi connectivity index (χ1v) is 7.28. The number of likely N-dealkylation sites (N-methyl/N-ethyl adjacent to an activating group) is 1. The predicted octanol–water partition coefficient (Wildman–Crippen LogP) is -0.281. The second kappa shape index (κ2) is 5.89. The SMILES string of the molecule is CN(CCNC(=O)c1c(O)cccc1O)S(C)(=O)=O. The number of nitrogens with zero attached hydrogens (tertiary/aromatic N) is 1. The zero-order valence-electron chi connectivity index (χ0n) is 10.6. The molecule has 1 rings (SSSR count). The number of carbonyl (C=O) groups excluding carboxylic acids is 1. The highest BCUT2D eigenvalue weighted by atomic mass is 32.2. The number of amides is 1. The van der Waals surface area contributed by atoms with E-state index in [1.807, 2.05) is 0 Å². The van der Waals surface area contributed by atoms with E-state index in [4.69, 9.17) is 0 Å². The molecule has 3 N–H and O–H groups in total. The number of phenolic OH excluding ortho intramolecular Hbond substituents is 2. The average Bonchev–Trinajstić information content (AvgIpc) is 2.27. The lowest BCUT2D eigenvalue weighted by Gasteiger charge is -2.14. The molecule has 19 heavy (non-hydrogen) atoms. The van der Waals surface area contributed by atoms with Gasteiger partial charge in [-0.25, -0.2) is 12.7 Å². The number of nitrogens with one attached hydrogen (secondary N) is 1. The fraction of sp³-hybridized carbons (Fsp3) is 0.364. The number of phenols is 2. The molecule has 0 fully saturated rings. The maximum Gasteiger partial charge on any atom is 0.258 e. The van der Waals surface area contributed by atoms with Crippen molar-refractivity contribution in [3.8, 4) is 11.5 Å². The van der Waals surface area contributed by atoms with E-state index in [0.29, 0.717) is 0 Å². The summed E-state index contributed by atoms with van der Waals surface area (Å²) in [5.74, 6) is -1.35. The molecule has 0 heterocycles. The summed E-state index contributed by atoms with van der Waals surface area (Å²) in [5, 5.41) is 21.4. The van der Waals surface area contributed by atoms with Crippen molar-refractivity contribution in [1.29, 1.82) is 0 Å². The Morgan fingerprint density at radius 1 is 1.32 bits per heavy atom. The molecule has 0 aliphatic carbocycles. The van der Waals surface area contributed by atoms with Crippen molar-refractivity contribution in [2.75, 3.05) is 26.4 Å². The van der Waals surface area contributed by atoms with Gasteiger partial charge >= 0.3 is 0 Å². The Morgan fingerprint density at radius 3 is 2.32 bits per heavy atom. The Bertz CT molecular complexity index is 550. The first kappa shape index (κ1) is 15.3. The van der Waals surface area contributed by atoms with Crippen LogP contribution in [0.3, 0.4) is 0 Å². The van der Waals surface area contributed by atoms with Gasteiger partial charge in [-0.2, -0.15) is 0 Å². The van der Waals surface area contributed by atoms with Gasteiger partial charge in [0, 0.05) is 20.1 Å². The van der Waals surface area contributed by atoms with E-state index in [-0.39, 0.29) is 30.2 Å². The Morgan fingerprint density at radius 2 is 1.84 bits per heavy atom. The average molecular weight is 288 g/mol. The molecule has 0 spiro atoms. The van der Waals surface area contributed by atoms with Crippen LogP contribution in [-0.2, 0) is 10.0 Å². The molecule has 7 nitrogen and oxygen atoms in total. The minimum absolute atomic E-state index is 0.0657. The van der Waals surface area contributed by atoms with Crippen molar-refractivity contribution >= 4 is 15.9 Å². The lowest BCUT2D eigenvalue weighted by molar-refractivity contribution is 0.0946. The number of aromatic hydroxyl groups is 2. The zero-order valence-corrected chi connectivity index (χ0v) is 11.4. The van der Waals surface area contributed by atoms with Crippen molar-refractivity contribution < 1.29 is 23.4 Å². The van der Waals surface area contributed by atoms with Crippen molar-refractivity contribution in [2.24, 2.45) is 0 Å². The Hall–Kier alpha value is -1.80. The summed E-state index contributed by atoms with van der Waals surface area (Å²) < 4.78 is 23.3. The van der Waals surface area contributed by atoms with E-state index in [0.717, 1.165) is 10.6 Å². The van der Waals surface area contributed by atoms with Crippen molar-refractivity contribution in [3.63, 3.8) is 0 Å². The predicted molar refractivity (Wildman–Crippen MR) is 69.6 cm³/mol. The molecule has 8 heteroatoms. The fourth-order valence-electron chi connectivity index (χ4n) is 1.34. The molecule has 106 valence electrons. The largest absolute Gasteiger partial charge is 0.507 e. The normalized spacial score (nSPS) is 11.5. The second-order valence-corrected chi connectivity index (χ2v) is 6.10. The molecular weight excluding hydrogens is 272 g/mol. The summed E-state index contributed by atoms with van der Waals surface area (Å²) in [5.41, 5.74) is -0.232. The van der Waals surface area contributed by atoms with Gasteiger partial charge in [-0.3, -0.25) is 4.79 Å². The molecule has 0 saturated heterocycles.